The van der Waals surface area contributed by atoms with Crippen molar-refractivity contribution in [3.63, 3.8) is 0 Å². The minimum absolute atomic E-state index is 0.00792. The first kappa shape index (κ1) is 18.2. The summed E-state index contributed by atoms with van der Waals surface area (Å²) >= 11 is 0. The van der Waals surface area contributed by atoms with E-state index >= 15 is 0 Å². The van der Waals surface area contributed by atoms with E-state index in [-0.39, 0.29) is 5.91 Å². The van der Waals surface area contributed by atoms with Gasteiger partial charge >= 0.3 is 0 Å². The largest absolute Gasteiger partial charge is 0.355 e. The number of anilines is 1. The van der Waals surface area contributed by atoms with Crippen molar-refractivity contribution in [1.82, 2.24) is 14.9 Å². The summed E-state index contributed by atoms with van der Waals surface area (Å²) in [6.45, 7) is 2.32. The van der Waals surface area contributed by atoms with Crippen LogP contribution in [0.4, 0.5) is 5.82 Å². The molecule has 1 aliphatic heterocycles. The zero-order valence-electron chi connectivity index (χ0n) is 16.1. The Morgan fingerprint density at radius 1 is 0.964 bits per heavy atom. The van der Waals surface area contributed by atoms with Crippen LogP contribution in [0.25, 0.3) is 11.4 Å². The van der Waals surface area contributed by atoms with Crippen molar-refractivity contribution < 1.29 is 4.79 Å². The number of nitrogens with zero attached hydrogens (tertiary/aromatic N) is 4. The second kappa shape index (κ2) is 8.21. The average molecular weight is 372 g/mol. The van der Waals surface area contributed by atoms with Crippen LogP contribution in [0, 0.1) is 0 Å². The van der Waals surface area contributed by atoms with E-state index in [0.717, 1.165) is 37.3 Å². The summed E-state index contributed by atoms with van der Waals surface area (Å²) in [6.07, 6.45) is 2.12. The number of likely N-dealkylation sites (tertiary alicyclic amines) is 1. The first-order valence-corrected chi connectivity index (χ1v) is 9.69. The molecule has 28 heavy (non-hydrogen) atoms. The van der Waals surface area contributed by atoms with Gasteiger partial charge in [0.15, 0.2) is 5.82 Å². The van der Waals surface area contributed by atoms with Gasteiger partial charge in [0, 0.05) is 38.3 Å². The van der Waals surface area contributed by atoms with Gasteiger partial charge in [-0.15, -0.1) is 0 Å². The smallest absolute Gasteiger partial charge is 0.272 e. The molecular weight excluding hydrogens is 348 g/mol. The summed E-state index contributed by atoms with van der Waals surface area (Å²) in [7, 11) is 1.99. The molecule has 0 unspecified atom stereocenters. The van der Waals surface area contributed by atoms with Gasteiger partial charge in [-0.05, 0) is 18.4 Å². The number of aromatic nitrogens is 2. The SMILES string of the molecule is CN(Cc1ccccc1)c1cc(C(=O)N2CCCC2)nc(-c2ccccc2)n1. The zero-order chi connectivity index (χ0) is 19.3. The van der Waals surface area contributed by atoms with Crippen LogP contribution < -0.4 is 4.90 Å². The van der Waals surface area contributed by atoms with Gasteiger partial charge in [-0.3, -0.25) is 4.79 Å². The summed E-state index contributed by atoms with van der Waals surface area (Å²) < 4.78 is 0. The minimum Gasteiger partial charge on any atom is -0.355 e. The predicted molar refractivity (Wildman–Crippen MR) is 111 cm³/mol. The number of amides is 1. The molecule has 1 aromatic heterocycles. The molecule has 5 heteroatoms. The highest BCUT2D eigenvalue weighted by Crippen LogP contribution is 2.22. The average Bonchev–Trinajstić information content (AvgIpc) is 3.29. The summed E-state index contributed by atoms with van der Waals surface area (Å²) in [4.78, 5) is 26.3. The summed E-state index contributed by atoms with van der Waals surface area (Å²) in [6, 6.07) is 21.9. The molecule has 0 radical (unpaired) electrons. The van der Waals surface area contributed by atoms with E-state index < -0.39 is 0 Å². The Morgan fingerprint density at radius 2 is 1.61 bits per heavy atom. The molecule has 0 atom stereocenters. The molecule has 0 N–H and O–H groups in total. The van der Waals surface area contributed by atoms with Gasteiger partial charge < -0.3 is 9.80 Å². The van der Waals surface area contributed by atoms with Crippen LogP contribution in [0.1, 0.15) is 28.9 Å². The molecule has 0 bridgehead atoms. The van der Waals surface area contributed by atoms with Crippen LogP contribution in [0.3, 0.4) is 0 Å². The molecule has 0 aliphatic carbocycles. The lowest BCUT2D eigenvalue weighted by molar-refractivity contribution is 0.0787. The quantitative estimate of drug-likeness (QED) is 0.679. The van der Waals surface area contributed by atoms with Gasteiger partial charge in [0.25, 0.3) is 5.91 Å². The van der Waals surface area contributed by atoms with Gasteiger partial charge in [-0.2, -0.15) is 0 Å². The molecule has 1 fully saturated rings. The standard InChI is InChI=1S/C23H24N4O/c1-26(17-18-10-4-2-5-11-18)21-16-20(23(28)27-14-8-9-15-27)24-22(25-21)19-12-6-3-7-13-19/h2-7,10-13,16H,8-9,14-15,17H2,1H3. The Balaban J connectivity index is 1.70. The lowest BCUT2D eigenvalue weighted by atomic mass is 10.2. The summed E-state index contributed by atoms with van der Waals surface area (Å²) in [5, 5.41) is 0. The lowest BCUT2D eigenvalue weighted by Crippen LogP contribution is -2.29. The molecule has 1 amide bonds. The van der Waals surface area contributed by atoms with E-state index in [1.165, 1.54) is 5.56 Å². The van der Waals surface area contributed by atoms with Crippen molar-refractivity contribution in [3.8, 4) is 11.4 Å². The van der Waals surface area contributed by atoms with Crippen molar-refractivity contribution >= 4 is 11.7 Å². The molecule has 4 rings (SSSR count). The van der Waals surface area contributed by atoms with Crippen molar-refractivity contribution in [2.75, 3.05) is 25.0 Å². The molecule has 142 valence electrons. The predicted octanol–water partition coefficient (Wildman–Crippen LogP) is 4.02. The van der Waals surface area contributed by atoms with Crippen LogP contribution in [-0.2, 0) is 6.54 Å². The van der Waals surface area contributed by atoms with Gasteiger partial charge in [-0.1, -0.05) is 60.7 Å². The molecule has 1 saturated heterocycles. The van der Waals surface area contributed by atoms with Gasteiger partial charge in [0.1, 0.15) is 11.5 Å². The maximum absolute atomic E-state index is 13.0. The molecule has 0 spiro atoms. The van der Waals surface area contributed by atoms with Gasteiger partial charge in [-0.25, -0.2) is 9.97 Å². The highest BCUT2D eigenvalue weighted by molar-refractivity contribution is 5.93. The maximum Gasteiger partial charge on any atom is 0.272 e. The van der Waals surface area contributed by atoms with Crippen LogP contribution >= 0.6 is 0 Å². The third kappa shape index (κ3) is 4.03. The normalized spacial score (nSPS) is 13.5. The molecule has 0 saturated carbocycles. The van der Waals surface area contributed by atoms with Crippen molar-refractivity contribution in [2.45, 2.75) is 19.4 Å². The Kier molecular flexibility index (Phi) is 5.33. The molecule has 5 nitrogen and oxygen atoms in total. The van der Waals surface area contributed by atoms with E-state index in [4.69, 9.17) is 4.98 Å². The van der Waals surface area contributed by atoms with Crippen LogP contribution in [0.2, 0.25) is 0 Å². The molecule has 2 heterocycles. The van der Waals surface area contributed by atoms with E-state index in [0.29, 0.717) is 18.1 Å². The maximum atomic E-state index is 13.0. The zero-order valence-corrected chi connectivity index (χ0v) is 16.1. The number of benzene rings is 2. The Labute approximate surface area is 165 Å². The van der Waals surface area contributed by atoms with Gasteiger partial charge in [0.05, 0.1) is 0 Å². The number of hydrogen-bond donors (Lipinski definition) is 0. The van der Waals surface area contributed by atoms with E-state index in [2.05, 4.69) is 22.0 Å². The number of hydrogen-bond acceptors (Lipinski definition) is 4. The van der Waals surface area contributed by atoms with Gasteiger partial charge in [0.2, 0.25) is 0 Å². The topological polar surface area (TPSA) is 49.3 Å². The number of carbonyl (C=O) groups excluding carboxylic acids is 1. The fourth-order valence-electron chi connectivity index (χ4n) is 3.48. The van der Waals surface area contributed by atoms with Crippen LogP contribution in [-0.4, -0.2) is 40.9 Å². The molecular formula is C23H24N4O. The minimum atomic E-state index is -0.00792. The second-order valence-corrected chi connectivity index (χ2v) is 7.14. The first-order chi connectivity index (χ1) is 13.7. The number of carbonyl (C=O) groups is 1. The molecule has 1 aliphatic rings. The summed E-state index contributed by atoms with van der Waals surface area (Å²) in [5.74, 6) is 1.33. The molecule has 3 aromatic rings. The third-order valence-electron chi connectivity index (χ3n) is 5.01. The summed E-state index contributed by atoms with van der Waals surface area (Å²) in [5.41, 5.74) is 2.57. The Morgan fingerprint density at radius 3 is 2.29 bits per heavy atom. The van der Waals surface area contributed by atoms with E-state index in [1.807, 2.05) is 66.5 Å². The monoisotopic (exact) mass is 372 g/mol. The van der Waals surface area contributed by atoms with Crippen molar-refractivity contribution in [2.24, 2.45) is 0 Å². The highest BCUT2D eigenvalue weighted by Gasteiger charge is 2.23. The van der Waals surface area contributed by atoms with Crippen molar-refractivity contribution in [1.29, 1.82) is 0 Å². The second-order valence-electron chi connectivity index (χ2n) is 7.14. The fraction of sp³-hybridized carbons (Fsp3) is 0.261. The van der Waals surface area contributed by atoms with Crippen molar-refractivity contribution in [3.05, 3.63) is 78.0 Å². The highest BCUT2D eigenvalue weighted by atomic mass is 16.2. The first-order valence-electron chi connectivity index (χ1n) is 9.69. The fourth-order valence-corrected chi connectivity index (χ4v) is 3.48. The van der Waals surface area contributed by atoms with E-state index in [9.17, 15) is 4.79 Å². The third-order valence-corrected chi connectivity index (χ3v) is 5.01. The Bertz CT molecular complexity index is 937. The number of rotatable bonds is 5. The van der Waals surface area contributed by atoms with Crippen LogP contribution in [0.5, 0.6) is 0 Å². The molecule has 2 aromatic carbocycles. The van der Waals surface area contributed by atoms with Crippen LogP contribution in [0.15, 0.2) is 66.7 Å². The lowest BCUT2D eigenvalue weighted by Gasteiger charge is -2.21. The van der Waals surface area contributed by atoms with E-state index in [1.54, 1.807) is 0 Å². The Hall–Kier alpha value is -3.21.